The van der Waals surface area contributed by atoms with Crippen molar-refractivity contribution < 1.29 is 13.2 Å². The van der Waals surface area contributed by atoms with E-state index in [9.17, 15) is 13.2 Å². The summed E-state index contributed by atoms with van der Waals surface area (Å²) >= 11 is 5.71. The third kappa shape index (κ3) is 4.63. The second-order valence-corrected chi connectivity index (χ2v) is 7.05. The molecule has 0 bridgehead atoms. The Hall–Kier alpha value is -1.22. The van der Waals surface area contributed by atoms with Crippen LogP contribution in [-0.2, 0) is 14.8 Å². The van der Waals surface area contributed by atoms with E-state index in [1.807, 2.05) is 4.90 Å². The number of nitrogens with two attached hydrogens (primary N) is 1. The smallest absolute Gasteiger partial charge is 0.240 e. The maximum atomic E-state index is 12.2. The van der Waals surface area contributed by atoms with Gasteiger partial charge >= 0.3 is 0 Å². The van der Waals surface area contributed by atoms with Crippen molar-refractivity contribution in [3.63, 3.8) is 0 Å². The van der Waals surface area contributed by atoms with Crippen molar-refractivity contribution in [2.45, 2.75) is 23.8 Å². The first-order valence-electron chi connectivity index (χ1n) is 6.51. The average molecular weight is 333 g/mol. The molecule has 9 heteroatoms. The average Bonchev–Trinajstić information content (AvgIpc) is 2.40. The van der Waals surface area contributed by atoms with E-state index in [-0.39, 0.29) is 28.5 Å². The molecule has 1 aliphatic rings. The molecule has 0 spiro atoms. The maximum Gasteiger partial charge on any atom is 0.240 e. The van der Waals surface area contributed by atoms with Crippen LogP contribution in [0, 0.1) is 0 Å². The van der Waals surface area contributed by atoms with E-state index in [1.54, 1.807) is 0 Å². The van der Waals surface area contributed by atoms with Gasteiger partial charge in [-0.3, -0.25) is 9.69 Å². The number of halogens is 1. The van der Waals surface area contributed by atoms with Gasteiger partial charge < -0.3 is 5.73 Å². The largest absolute Gasteiger partial charge is 0.369 e. The lowest BCUT2D eigenvalue weighted by Crippen LogP contribution is -2.46. The highest BCUT2D eigenvalue weighted by Crippen LogP contribution is 2.16. The first-order valence-corrected chi connectivity index (χ1v) is 8.37. The van der Waals surface area contributed by atoms with Crippen molar-refractivity contribution in [2.75, 3.05) is 19.6 Å². The van der Waals surface area contributed by atoms with Gasteiger partial charge in [0, 0.05) is 25.3 Å². The summed E-state index contributed by atoms with van der Waals surface area (Å²) in [4.78, 5) is 16.6. The van der Waals surface area contributed by atoms with E-state index < -0.39 is 10.0 Å². The quantitative estimate of drug-likeness (QED) is 0.736. The fraction of sp³-hybridized carbons (Fsp3) is 0.500. The standard InChI is InChI=1S/C12H17ClN4O3S/c13-11-7-10(1-4-15-11)21(19,20)16-9-2-5-17(6-3-9)8-12(14)18/h1,4,7,9,16H,2-3,5-6,8H2,(H2,14,18). The fourth-order valence-corrected chi connectivity index (χ4v) is 3.82. The Labute approximate surface area is 128 Å². The van der Waals surface area contributed by atoms with E-state index >= 15 is 0 Å². The highest BCUT2D eigenvalue weighted by Gasteiger charge is 2.25. The van der Waals surface area contributed by atoms with Crippen molar-refractivity contribution in [2.24, 2.45) is 5.73 Å². The van der Waals surface area contributed by atoms with Gasteiger partial charge in [-0.1, -0.05) is 11.6 Å². The molecule has 1 aliphatic heterocycles. The lowest BCUT2D eigenvalue weighted by Gasteiger charge is -2.31. The van der Waals surface area contributed by atoms with Crippen molar-refractivity contribution >= 4 is 27.5 Å². The number of likely N-dealkylation sites (tertiary alicyclic amines) is 1. The van der Waals surface area contributed by atoms with Gasteiger partial charge in [0.1, 0.15) is 5.15 Å². The number of hydrogen-bond acceptors (Lipinski definition) is 5. The minimum Gasteiger partial charge on any atom is -0.369 e. The summed E-state index contributed by atoms with van der Waals surface area (Å²) in [5.74, 6) is -0.375. The molecular weight excluding hydrogens is 316 g/mol. The number of nitrogens with zero attached hydrogens (tertiary/aromatic N) is 2. The summed E-state index contributed by atoms with van der Waals surface area (Å²) in [6.07, 6.45) is 2.61. The molecule has 3 N–H and O–H groups in total. The van der Waals surface area contributed by atoms with E-state index in [4.69, 9.17) is 17.3 Å². The molecule has 116 valence electrons. The molecular formula is C12H17ClN4O3S. The highest BCUT2D eigenvalue weighted by molar-refractivity contribution is 7.89. The summed E-state index contributed by atoms with van der Waals surface area (Å²) in [6.45, 7) is 1.47. The summed E-state index contributed by atoms with van der Waals surface area (Å²) < 4.78 is 27.1. The van der Waals surface area contributed by atoms with Gasteiger partial charge in [-0.05, 0) is 25.0 Å². The zero-order valence-electron chi connectivity index (χ0n) is 11.3. The molecule has 0 aromatic carbocycles. The Kier molecular flexibility index (Phi) is 5.15. The molecule has 0 saturated carbocycles. The van der Waals surface area contributed by atoms with Gasteiger partial charge in [0.2, 0.25) is 15.9 Å². The van der Waals surface area contributed by atoms with Crippen molar-refractivity contribution in [3.05, 3.63) is 23.5 Å². The van der Waals surface area contributed by atoms with Crippen LogP contribution in [0.5, 0.6) is 0 Å². The minimum atomic E-state index is -3.61. The maximum absolute atomic E-state index is 12.2. The van der Waals surface area contributed by atoms with Crippen LogP contribution in [0.4, 0.5) is 0 Å². The predicted octanol–water partition coefficient (Wildman–Crippen LogP) is -0.0370. The van der Waals surface area contributed by atoms with Crippen LogP contribution in [0.15, 0.2) is 23.2 Å². The normalized spacial score (nSPS) is 17.8. The molecule has 1 aromatic heterocycles. The van der Waals surface area contributed by atoms with Gasteiger partial charge in [-0.25, -0.2) is 18.1 Å². The SMILES string of the molecule is NC(=O)CN1CCC(NS(=O)(=O)c2ccnc(Cl)c2)CC1. The molecule has 1 fully saturated rings. The molecule has 2 heterocycles. The van der Waals surface area contributed by atoms with Crippen molar-refractivity contribution in [1.82, 2.24) is 14.6 Å². The molecule has 0 atom stereocenters. The molecule has 21 heavy (non-hydrogen) atoms. The number of piperidine rings is 1. The number of aromatic nitrogens is 1. The third-order valence-electron chi connectivity index (χ3n) is 3.30. The van der Waals surface area contributed by atoms with Crippen LogP contribution in [-0.4, -0.2) is 49.9 Å². The van der Waals surface area contributed by atoms with Crippen LogP contribution < -0.4 is 10.5 Å². The van der Waals surface area contributed by atoms with Crippen LogP contribution in [0.1, 0.15) is 12.8 Å². The molecule has 1 saturated heterocycles. The van der Waals surface area contributed by atoms with Crippen molar-refractivity contribution in [1.29, 1.82) is 0 Å². The zero-order chi connectivity index (χ0) is 15.5. The number of sulfonamides is 1. The van der Waals surface area contributed by atoms with Gasteiger partial charge in [0.25, 0.3) is 0 Å². The van der Waals surface area contributed by atoms with Crippen LogP contribution >= 0.6 is 11.6 Å². The van der Waals surface area contributed by atoms with Crippen LogP contribution in [0.2, 0.25) is 5.15 Å². The second kappa shape index (κ2) is 6.69. The molecule has 0 unspecified atom stereocenters. The Morgan fingerprint density at radius 1 is 1.48 bits per heavy atom. The lowest BCUT2D eigenvalue weighted by atomic mass is 10.1. The van der Waals surface area contributed by atoms with Crippen molar-refractivity contribution in [3.8, 4) is 0 Å². The number of amides is 1. The van der Waals surface area contributed by atoms with E-state index in [2.05, 4.69) is 9.71 Å². The molecule has 0 aliphatic carbocycles. The fourth-order valence-electron chi connectivity index (χ4n) is 2.27. The topological polar surface area (TPSA) is 105 Å². The Morgan fingerprint density at radius 3 is 2.71 bits per heavy atom. The number of hydrogen-bond donors (Lipinski definition) is 2. The number of carbonyl (C=O) groups is 1. The van der Waals surface area contributed by atoms with Crippen LogP contribution in [0.3, 0.4) is 0 Å². The summed E-state index contributed by atoms with van der Waals surface area (Å²) in [7, 11) is -3.61. The molecule has 0 radical (unpaired) electrons. The monoisotopic (exact) mass is 332 g/mol. The Balaban J connectivity index is 1.95. The lowest BCUT2D eigenvalue weighted by molar-refractivity contribution is -0.119. The van der Waals surface area contributed by atoms with E-state index in [0.717, 1.165) is 0 Å². The van der Waals surface area contributed by atoms with Gasteiger partial charge in [-0.2, -0.15) is 0 Å². The first kappa shape index (κ1) is 16.2. The van der Waals surface area contributed by atoms with E-state index in [0.29, 0.717) is 25.9 Å². The molecule has 1 amide bonds. The predicted molar refractivity (Wildman–Crippen MR) is 78.2 cm³/mol. The Morgan fingerprint density at radius 2 is 2.14 bits per heavy atom. The minimum absolute atomic E-state index is 0.0991. The van der Waals surface area contributed by atoms with Gasteiger partial charge in [-0.15, -0.1) is 0 Å². The van der Waals surface area contributed by atoms with Gasteiger partial charge in [0.05, 0.1) is 11.4 Å². The highest BCUT2D eigenvalue weighted by atomic mass is 35.5. The van der Waals surface area contributed by atoms with Crippen LogP contribution in [0.25, 0.3) is 0 Å². The number of pyridine rings is 1. The summed E-state index contributed by atoms with van der Waals surface area (Å²) in [6, 6.07) is 2.55. The molecule has 1 aromatic rings. The number of primary amides is 1. The van der Waals surface area contributed by atoms with Gasteiger partial charge in [0.15, 0.2) is 0 Å². The zero-order valence-corrected chi connectivity index (χ0v) is 12.9. The third-order valence-corrected chi connectivity index (χ3v) is 5.02. The second-order valence-electron chi connectivity index (χ2n) is 4.95. The summed E-state index contributed by atoms with van der Waals surface area (Å²) in [5, 5.41) is 0.133. The molecule has 7 nitrogen and oxygen atoms in total. The Bertz CT molecular complexity index is 615. The summed E-state index contributed by atoms with van der Waals surface area (Å²) in [5.41, 5.74) is 5.14. The van der Waals surface area contributed by atoms with E-state index in [1.165, 1.54) is 18.3 Å². The number of nitrogens with one attached hydrogen (secondary N) is 1. The number of carbonyl (C=O) groups excluding carboxylic acids is 1. The number of rotatable bonds is 5. The first-order chi connectivity index (χ1) is 9.87. The molecule has 2 rings (SSSR count).